The van der Waals surface area contributed by atoms with Crippen molar-refractivity contribution < 1.29 is 8.42 Å². The van der Waals surface area contributed by atoms with Gasteiger partial charge in [-0.2, -0.15) is 0 Å². The molecule has 0 saturated carbocycles. The molecule has 21 heavy (non-hydrogen) atoms. The second kappa shape index (κ2) is 5.23. The van der Waals surface area contributed by atoms with Gasteiger partial charge in [0.1, 0.15) is 0 Å². The molecule has 1 aromatic heterocycles. The summed E-state index contributed by atoms with van der Waals surface area (Å²) < 4.78 is 24.7. The van der Waals surface area contributed by atoms with E-state index in [9.17, 15) is 8.42 Å². The van der Waals surface area contributed by atoms with Crippen LogP contribution in [0.2, 0.25) is 0 Å². The molecule has 0 radical (unpaired) electrons. The van der Waals surface area contributed by atoms with Crippen molar-refractivity contribution >= 4 is 10.0 Å². The Labute approximate surface area is 125 Å². The number of aromatic nitrogens is 3. The maximum atomic E-state index is 11.6. The van der Waals surface area contributed by atoms with Gasteiger partial charge in [-0.15, -0.1) is 10.2 Å². The summed E-state index contributed by atoms with van der Waals surface area (Å²) in [6.45, 7) is 8.55. The molecule has 0 aliphatic carbocycles. The molecule has 0 saturated heterocycles. The minimum Gasteiger partial charge on any atom is -0.297 e. The zero-order chi connectivity index (χ0) is 15.8. The van der Waals surface area contributed by atoms with Gasteiger partial charge in [-0.3, -0.25) is 4.57 Å². The SMILES string of the molecule is CCn1c(-c2ccccc2C(C)(C)C)nnc1S(N)(=O)=O. The van der Waals surface area contributed by atoms with Crippen LogP contribution in [0.15, 0.2) is 29.4 Å². The molecule has 0 unspecified atom stereocenters. The molecule has 0 amide bonds. The summed E-state index contributed by atoms with van der Waals surface area (Å²) in [5.74, 6) is 0.520. The van der Waals surface area contributed by atoms with Crippen molar-refractivity contribution in [2.45, 2.75) is 44.8 Å². The van der Waals surface area contributed by atoms with Gasteiger partial charge in [-0.1, -0.05) is 45.0 Å². The van der Waals surface area contributed by atoms with Crippen molar-refractivity contribution in [3.8, 4) is 11.4 Å². The third kappa shape index (κ3) is 2.98. The Kier molecular flexibility index (Phi) is 3.90. The molecule has 0 aliphatic heterocycles. The van der Waals surface area contributed by atoms with Crippen LogP contribution in [0.4, 0.5) is 0 Å². The molecule has 0 spiro atoms. The number of hydrogen-bond acceptors (Lipinski definition) is 4. The summed E-state index contributed by atoms with van der Waals surface area (Å²) in [5.41, 5.74) is 1.85. The van der Waals surface area contributed by atoms with Crippen LogP contribution < -0.4 is 5.14 Å². The fourth-order valence-corrected chi connectivity index (χ4v) is 2.99. The average Bonchev–Trinajstić information content (AvgIpc) is 2.81. The molecule has 1 heterocycles. The topological polar surface area (TPSA) is 90.9 Å². The smallest absolute Gasteiger partial charge is 0.273 e. The Balaban J connectivity index is 2.73. The van der Waals surface area contributed by atoms with Crippen molar-refractivity contribution in [2.24, 2.45) is 5.14 Å². The Morgan fingerprint density at radius 1 is 1.19 bits per heavy atom. The standard InChI is InChI=1S/C14H20N4O2S/c1-5-18-12(16-17-13(18)21(15,19)20)10-8-6-7-9-11(10)14(2,3)4/h6-9H,5H2,1-4H3,(H2,15,19,20). The van der Waals surface area contributed by atoms with E-state index in [4.69, 9.17) is 5.14 Å². The number of nitrogens with two attached hydrogens (primary N) is 1. The molecule has 0 atom stereocenters. The van der Waals surface area contributed by atoms with Crippen LogP contribution in [0.3, 0.4) is 0 Å². The van der Waals surface area contributed by atoms with Crippen molar-refractivity contribution in [1.29, 1.82) is 0 Å². The molecule has 2 N–H and O–H groups in total. The molecule has 2 aromatic rings. The fraction of sp³-hybridized carbons (Fsp3) is 0.429. The molecular weight excluding hydrogens is 288 g/mol. The number of rotatable bonds is 3. The Morgan fingerprint density at radius 3 is 2.33 bits per heavy atom. The van der Waals surface area contributed by atoms with E-state index in [-0.39, 0.29) is 10.6 Å². The van der Waals surface area contributed by atoms with E-state index in [0.29, 0.717) is 12.4 Å². The van der Waals surface area contributed by atoms with Gasteiger partial charge in [0.15, 0.2) is 5.82 Å². The first-order valence-corrected chi connectivity index (χ1v) is 8.26. The van der Waals surface area contributed by atoms with E-state index in [1.807, 2.05) is 31.2 Å². The number of benzene rings is 1. The Bertz CT molecular complexity index is 758. The number of hydrogen-bond donors (Lipinski definition) is 1. The summed E-state index contributed by atoms with van der Waals surface area (Å²) in [7, 11) is -3.89. The van der Waals surface area contributed by atoms with Crippen LogP contribution >= 0.6 is 0 Å². The molecule has 0 bridgehead atoms. The third-order valence-corrected chi connectivity index (χ3v) is 4.07. The van der Waals surface area contributed by atoms with Gasteiger partial charge >= 0.3 is 0 Å². The number of primary sulfonamides is 1. The molecule has 6 nitrogen and oxygen atoms in total. The van der Waals surface area contributed by atoms with Gasteiger partial charge < -0.3 is 0 Å². The van der Waals surface area contributed by atoms with Crippen LogP contribution in [-0.2, 0) is 22.0 Å². The van der Waals surface area contributed by atoms with E-state index in [2.05, 4.69) is 31.0 Å². The van der Waals surface area contributed by atoms with Crippen LogP contribution in [0.25, 0.3) is 11.4 Å². The van der Waals surface area contributed by atoms with Crippen LogP contribution in [-0.4, -0.2) is 23.2 Å². The fourth-order valence-electron chi connectivity index (χ4n) is 2.32. The minimum atomic E-state index is -3.89. The maximum Gasteiger partial charge on any atom is 0.273 e. The third-order valence-electron chi connectivity index (χ3n) is 3.26. The first-order valence-electron chi connectivity index (χ1n) is 6.72. The lowest BCUT2D eigenvalue weighted by molar-refractivity contribution is 0.570. The van der Waals surface area contributed by atoms with E-state index in [1.165, 1.54) is 4.57 Å². The molecule has 7 heteroatoms. The lowest BCUT2D eigenvalue weighted by Crippen LogP contribution is -2.19. The van der Waals surface area contributed by atoms with Crippen molar-refractivity contribution in [3.63, 3.8) is 0 Å². The summed E-state index contributed by atoms with van der Waals surface area (Å²) in [4.78, 5) is 0. The largest absolute Gasteiger partial charge is 0.297 e. The van der Waals surface area contributed by atoms with E-state index >= 15 is 0 Å². The Morgan fingerprint density at radius 2 is 1.81 bits per heavy atom. The van der Waals surface area contributed by atoms with E-state index < -0.39 is 10.0 Å². The second-order valence-electron chi connectivity index (χ2n) is 5.89. The quantitative estimate of drug-likeness (QED) is 0.937. The van der Waals surface area contributed by atoms with E-state index in [0.717, 1.165) is 11.1 Å². The minimum absolute atomic E-state index is 0.0944. The first kappa shape index (κ1) is 15.7. The van der Waals surface area contributed by atoms with Crippen LogP contribution in [0.5, 0.6) is 0 Å². The van der Waals surface area contributed by atoms with Gasteiger partial charge in [0, 0.05) is 12.1 Å². The van der Waals surface area contributed by atoms with Gasteiger partial charge in [-0.05, 0) is 17.9 Å². The number of sulfonamides is 1. The predicted octanol–water partition coefficient (Wildman–Crippen LogP) is 1.91. The molecule has 114 valence electrons. The molecule has 2 rings (SSSR count). The highest BCUT2D eigenvalue weighted by molar-refractivity contribution is 7.89. The summed E-state index contributed by atoms with van der Waals surface area (Å²) in [6.07, 6.45) is 0. The zero-order valence-corrected chi connectivity index (χ0v) is 13.5. The highest BCUT2D eigenvalue weighted by atomic mass is 32.2. The van der Waals surface area contributed by atoms with Gasteiger partial charge in [0.05, 0.1) is 0 Å². The Hall–Kier alpha value is -1.73. The van der Waals surface area contributed by atoms with Gasteiger partial charge in [0.25, 0.3) is 15.2 Å². The van der Waals surface area contributed by atoms with Crippen molar-refractivity contribution in [1.82, 2.24) is 14.8 Å². The highest BCUT2D eigenvalue weighted by Crippen LogP contribution is 2.32. The summed E-state index contributed by atoms with van der Waals surface area (Å²) in [6, 6.07) is 7.79. The lowest BCUT2D eigenvalue weighted by atomic mass is 9.83. The maximum absolute atomic E-state index is 11.6. The summed E-state index contributed by atoms with van der Waals surface area (Å²) >= 11 is 0. The van der Waals surface area contributed by atoms with Crippen LogP contribution in [0.1, 0.15) is 33.3 Å². The van der Waals surface area contributed by atoms with Crippen molar-refractivity contribution in [3.05, 3.63) is 29.8 Å². The molecule has 0 aliphatic rings. The second-order valence-corrected chi connectivity index (χ2v) is 7.35. The zero-order valence-electron chi connectivity index (χ0n) is 12.7. The molecular formula is C14H20N4O2S. The monoisotopic (exact) mass is 308 g/mol. The van der Waals surface area contributed by atoms with Crippen LogP contribution in [0, 0.1) is 0 Å². The lowest BCUT2D eigenvalue weighted by Gasteiger charge is -2.22. The number of nitrogens with zero attached hydrogens (tertiary/aromatic N) is 3. The predicted molar refractivity (Wildman–Crippen MR) is 81.2 cm³/mol. The molecule has 1 aromatic carbocycles. The first-order chi connectivity index (χ1) is 9.66. The average molecular weight is 308 g/mol. The van der Waals surface area contributed by atoms with Crippen molar-refractivity contribution in [2.75, 3.05) is 0 Å². The normalized spacial score (nSPS) is 12.6. The molecule has 0 fully saturated rings. The van der Waals surface area contributed by atoms with Gasteiger partial charge in [0.2, 0.25) is 0 Å². The van der Waals surface area contributed by atoms with E-state index in [1.54, 1.807) is 0 Å². The van der Waals surface area contributed by atoms with Gasteiger partial charge in [-0.25, -0.2) is 13.6 Å². The highest BCUT2D eigenvalue weighted by Gasteiger charge is 2.25. The summed E-state index contributed by atoms with van der Waals surface area (Å²) in [5, 5.41) is 12.8.